The molecule has 26 heteroatoms. The van der Waals surface area contributed by atoms with Crippen molar-refractivity contribution in [1.82, 2.24) is 46.7 Å². The predicted molar refractivity (Wildman–Crippen MR) is 256 cm³/mol. The molecule has 8 amide bonds. The fourth-order valence-electron chi connectivity index (χ4n) is 8.86. The van der Waals surface area contributed by atoms with Gasteiger partial charge in [0.1, 0.15) is 22.9 Å². The number of aromatic amines is 1. The number of rotatable bonds is 11. The molecule has 1 aromatic heterocycles. The maximum absolute atomic E-state index is 14.9. The van der Waals surface area contributed by atoms with Crippen LogP contribution in [0.1, 0.15) is 58.4 Å². The number of benzene rings is 1. The average Bonchev–Trinajstić information content (AvgIpc) is 3.92. The van der Waals surface area contributed by atoms with E-state index in [2.05, 4.69) is 36.9 Å². The summed E-state index contributed by atoms with van der Waals surface area (Å²) in [5, 5.41) is 47.3. The van der Waals surface area contributed by atoms with E-state index in [0.29, 0.717) is 24.9 Å². The van der Waals surface area contributed by atoms with Crippen molar-refractivity contribution in [2.24, 2.45) is 29.4 Å². The highest BCUT2D eigenvalue weighted by Gasteiger charge is 2.45. The zero-order chi connectivity index (χ0) is 53.1. The van der Waals surface area contributed by atoms with Gasteiger partial charge < -0.3 is 72.5 Å². The normalized spacial score (nSPS) is 26.8. The van der Waals surface area contributed by atoms with E-state index in [-0.39, 0.29) is 28.3 Å². The molecule has 0 aliphatic carbocycles. The molecular formula is C46H66N10O15S. The molecule has 3 aliphatic rings. The monoisotopic (exact) mass is 1030 g/mol. The lowest BCUT2D eigenvalue weighted by atomic mass is 9.85. The van der Waals surface area contributed by atoms with Gasteiger partial charge >= 0.3 is 6.09 Å². The van der Waals surface area contributed by atoms with E-state index in [1.165, 1.54) is 37.1 Å². The molecule has 1 aromatic carbocycles. The molecule has 1 fully saturated rings. The third kappa shape index (κ3) is 14.2. The Bertz CT molecular complexity index is 2430. The van der Waals surface area contributed by atoms with Crippen LogP contribution in [0.2, 0.25) is 0 Å². The molecule has 0 radical (unpaired) electrons. The quantitative estimate of drug-likeness (QED) is 0.103. The smallest absolute Gasteiger partial charge is 0.410 e. The van der Waals surface area contributed by atoms with Crippen LogP contribution in [0, 0.1) is 23.7 Å². The molecule has 25 nitrogen and oxygen atoms in total. The lowest BCUT2D eigenvalue weighted by Crippen LogP contribution is -2.56. The number of primary amides is 1. The summed E-state index contributed by atoms with van der Waals surface area (Å²) in [4.78, 5) is 144. The second kappa shape index (κ2) is 25.3. The highest BCUT2D eigenvalue weighted by atomic mass is 32.2. The number of nitrogens with zero attached hydrogens (tertiary/aromatic N) is 2. The molecule has 2 bridgehead atoms. The van der Waals surface area contributed by atoms with Gasteiger partial charge in [-0.1, -0.05) is 27.2 Å². The SMILES string of the molecule is CC[C@H](C)[C@@H]1NC(=O)CNC(=O)[C@@H]2CC(=O)[C@H]([C@@H](C)[C@@H](O)CO)NC(=O)[C@@H]3C[C@@H](O)CN3C(=O)[C@H](CC(N)=O)CC(=O)[C@H](CS(=O)c3[nH]c4cc(OC(=O)N(C)CCNC)ccc4c3C2)NC(=O)CNC1=O. The molecule has 0 saturated carbocycles. The molecule has 396 valence electrons. The van der Waals surface area contributed by atoms with Crippen molar-refractivity contribution in [1.29, 1.82) is 0 Å². The molecule has 2 aromatic rings. The molecule has 1 saturated heterocycles. The second-order valence-corrected chi connectivity index (χ2v) is 20.1. The molecule has 5 rings (SSSR count). The molecule has 12 N–H and O–H groups in total. The van der Waals surface area contributed by atoms with Gasteiger partial charge in [-0.15, -0.1) is 0 Å². The lowest BCUT2D eigenvalue weighted by Gasteiger charge is -2.32. The maximum Gasteiger partial charge on any atom is 0.415 e. The summed E-state index contributed by atoms with van der Waals surface area (Å²) in [5.74, 6) is -13.9. The predicted octanol–water partition coefficient (Wildman–Crippen LogP) is -3.79. The number of hydrogen-bond acceptors (Lipinski definition) is 16. The highest BCUT2D eigenvalue weighted by molar-refractivity contribution is 7.85. The van der Waals surface area contributed by atoms with Crippen molar-refractivity contribution >= 4 is 80.7 Å². The summed E-state index contributed by atoms with van der Waals surface area (Å²) in [7, 11) is 0.852. The number of aliphatic hydroxyl groups is 3. The number of carbonyl (C=O) groups excluding carboxylic acids is 10. The van der Waals surface area contributed by atoms with Crippen LogP contribution in [0.25, 0.3) is 10.9 Å². The number of nitrogens with two attached hydrogens (primary N) is 1. The summed E-state index contributed by atoms with van der Waals surface area (Å²) in [6.07, 6.45) is -6.45. The van der Waals surface area contributed by atoms with Crippen LogP contribution in [0.15, 0.2) is 23.2 Å². The topological polar surface area (TPSA) is 378 Å². The largest absolute Gasteiger partial charge is 0.415 e. The van der Waals surface area contributed by atoms with Gasteiger partial charge in [0.05, 0.1) is 72.0 Å². The molecule has 4 heterocycles. The number of carbonyl (C=O) groups is 10. The number of aliphatic hydroxyl groups excluding tert-OH is 3. The van der Waals surface area contributed by atoms with Crippen molar-refractivity contribution in [2.45, 2.75) is 101 Å². The van der Waals surface area contributed by atoms with Crippen molar-refractivity contribution < 1.29 is 72.2 Å². The number of H-pyrrole nitrogens is 1. The van der Waals surface area contributed by atoms with Crippen LogP contribution in [-0.4, -0.2) is 189 Å². The van der Waals surface area contributed by atoms with Gasteiger partial charge in [0, 0.05) is 75.7 Å². The number of hydrogen-bond donors (Lipinski definition) is 11. The van der Waals surface area contributed by atoms with Crippen molar-refractivity contribution in [2.75, 3.05) is 59.2 Å². The summed E-state index contributed by atoms with van der Waals surface area (Å²) in [5.41, 5.74) is 5.90. The molecule has 1 unspecified atom stereocenters. The first-order valence-electron chi connectivity index (χ1n) is 23.7. The van der Waals surface area contributed by atoms with Gasteiger partial charge in [-0.3, -0.25) is 47.4 Å². The number of ketones is 2. The summed E-state index contributed by atoms with van der Waals surface area (Å²) >= 11 is 0. The molecule has 11 atom stereocenters. The van der Waals surface area contributed by atoms with Crippen molar-refractivity contribution in [3.63, 3.8) is 0 Å². The molecular weight excluding hydrogens is 965 g/mol. The third-order valence-corrected chi connectivity index (χ3v) is 14.8. The Kier molecular flexibility index (Phi) is 19.9. The Hall–Kier alpha value is -6.35. The van der Waals surface area contributed by atoms with Gasteiger partial charge in [-0.2, -0.15) is 0 Å². The van der Waals surface area contributed by atoms with Gasteiger partial charge in [0.15, 0.2) is 11.6 Å². The minimum absolute atomic E-state index is 0.0340. The number of amides is 8. The van der Waals surface area contributed by atoms with E-state index in [9.17, 15) is 67.5 Å². The van der Waals surface area contributed by atoms with Crippen molar-refractivity contribution in [3.05, 3.63) is 23.8 Å². The number of ether oxygens (including phenoxy) is 1. The maximum atomic E-state index is 14.9. The summed E-state index contributed by atoms with van der Waals surface area (Å²) in [6, 6.07) is -1.84. The first-order chi connectivity index (χ1) is 34.1. The van der Waals surface area contributed by atoms with E-state index in [1.807, 2.05) is 0 Å². The first kappa shape index (κ1) is 56.6. The standard InChI is InChI=1S/C46H66N10O15S/c1-6-22(2)39-43(67)50-17-37(63)51-31-21-72(70)44-29(28-8-7-27(16-30(28)52-44)71-46(69)55(5)10-9-48-4)11-24(41(65)49-18-38(64)53-39)12-34(60)40(23(3)35(61)20-57)54-42(66)32-15-26(58)19-56(32)45(68)25(13-33(31)59)14-36(47)62/h7-8,16,22-26,31-32,35,39-40,48,52,57-58,61H,6,9-15,17-21H2,1-5H3,(H2,47,62)(H,49,65)(H,50,67)(H,51,63)(H,53,64)(H,54,66)/t22-,23-,24-,25-,26+,31-,32-,35-,39-,40-,72?/m0/s1. The van der Waals surface area contributed by atoms with Gasteiger partial charge in [-0.25, -0.2) is 4.79 Å². The lowest BCUT2D eigenvalue weighted by molar-refractivity contribution is -0.145. The zero-order valence-corrected chi connectivity index (χ0v) is 41.6. The minimum atomic E-state index is -2.38. The fraction of sp³-hybridized carbons (Fsp3) is 0.609. The molecule has 0 spiro atoms. The van der Waals surface area contributed by atoms with E-state index >= 15 is 0 Å². The third-order valence-electron chi connectivity index (χ3n) is 13.3. The minimum Gasteiger partial charge on any atom is -0.410 e. The van der Waals surface area contributed by atoms with Crippen LogP contribution >= 0.6 is 0 Å². The van der Waals surface area contributed by atoms with Gasteiger partial charge in [-0.05, 0) is 37.1 Å². The number of aromatic nitrogens is 1. The van der Waals surface area contributed by atoms with E-state index < -0.39 is 188 Å². The van der Waals surface area contributed by atoms with E-state index in [4.69, 9.17) is 10.5 Å². The van der Waals surface area contributed by atoms with Gasteiger partial charge in [0.2, 0.25) is 41.4 Å². The number of likely N-dealkylation sites (N-methyl/N-ethyl adjacent to an activating group) is 2. The number of fused-ring (bicyclic) bond motifs is 5. The van der Waals surface area contributed by atoms with Crippen LogP contribution in [-0.2, 0) is 60.4 Å². The number of nitrogens with one attached hydrogen (secondary N) is 7. The second-order valence-electron chi connectivity index (χ2n) is 18.6. The van der Waals surface area contributed by atoms with E-state index in [1.54, 1.807) is 20.9 Å². The first-order valence-corrected chi connectivity index (χ1v) is 25.0. The van der Waals surface area contributed by atoms with Gasteiger partial charge in [0.25, 0.3) is 0 Å². The highest BCUT2D eigenvalue weighted by Crippen LogP contribution is 2.33. The van der Waals surface area contributed by atoms with Crippen LogP contribution in [0.3, 0.4) is 0 Å². The van der Waals surface area contributed by atoms with Crippen LogP contribution < -0.4 is 42.4 Å². The Labute approximate surface area is 417 Å². The molecule has 72 heavy (non-hydrogen) atoms. The Balaban J connectivity index is 1.75. The van der Waals surface area contributed by atoms with Crippen LogP contribution in [0.4, 0.5) is 4.79 Å². The van der Waals surface area contributed by atoms with Crippen LogP contribution in [0.5, 0.6) is 5.75 Å². The Morgan fingerprint density at radius 3 is 2.28 bits per heavy atom. The molecule has 3 aliphatic heterocycles. The summed E-state index contributed by atoms with van der Waals surface area (Å²) in [6.45, 7) is 2.67. The number of Topliss-reactive ketones (excluding diaryl/α,β-unsaturated/α-hetero) is 2. The van der Waals surface area contributed by atoms with Crippen molar-refractivity contribution in [3.8, 4) is 5.75 Å². The average molecular weight is 1030 g/mol. The summed E-state index contributed by atoms with van der Waals surface area (Å²) < 4.78 is 20.6. The zero-order valence-electron chi connectivity index (χ0n) is 40.8. The van der Waals surface area contributed by atoms with E-state index in [0.717, 1.165) is 4.90 Å². The fourth-order valence-corrected chi connectivity index (χ4v) is 10.3. The Morgan fingerprint density at radius 1 is 0.944 bits per heavy atom. The Morgan fingerprint density at radius 2 is 1.62 bits per heavy atom.